The van der Waals surface area contributed by atoms with Crippen molar-refractivity contribution in [1.29, 1.82) is 0 Å². The van der Waals surface area contributed by atoms with Crippen LogP contribution in [0.1, 0.15) is 65.7 Å². The Morgan fingerprint density at radius 3 is 2.29 bits per heavy atom. The molecule has 6 rings (SSSR count). The van der Waals surface area contributed by atoms with Crippen molar-refractivity contribution in [3.63, 3.8) is 0 Å². The maximum atomic E-state index is 14.1. The van der Waals surface area contributed by atoms with Gasteiger partial charge in [-0.1, -0.05) is 18.2 Å². The van der Waals surface area contributed by atoms with E-state index in [1.54, 1.807) is 51.4 Å². The van der Waals surface area contributed by atoms with Gasteiger partial charge in [0.15, 0.2) is 0 Å². The zero-order valence-electron chi connectivity index (χ0n) is 26.2. The molecule has 48 heavy (non-hydrogen) atoms. The number of amides is 1. The molecule has 0 bridgehead atoms. The van der Waals surface area contributed by atoms with Crippen LogP contribution in [0.25, 0.3) is 16.5 Å². The minimum Gasteiger partial charge on any atom is -0.443 e. The first-order valence-corrected chi connectivity index (χ1v) is 16.1. The minimum absolute atomic E-state index is 0.0177. The number of ether oxygens (including phenoxy) is 1. The van der Waals surface area contributed by atoms with Gasteiger partial charge >= 0.3 is 18.4 Å². The fourth-order valence-electron chi connectivity index (χ4n) is 6.31. The molecule has 0 spiro atoms. The van der Waals surface area contributed by atoms with E-state index in [0.717, 1.165) is 10.6 Å². The minimum atomic E-state index is -5.10. The SMILES string of the molecule is CC(C)(C)OC(=O)n1cc(CC2CN3C=C(c4nccs4)CCC3CN2C(=O)c2cc(C(F)(F)F)cc(C(F)(F)F)c2)c2ccccc21. The first-order chi connectivity index (χ1) is 22.5. The van der Waals surface area contributed by atoms with Crippen molar-refractivity contribution in [3.8, 4) is 0 Å². The second-order valence-electron chi connectivity index (χ2n) is 13.0. The number of halogens is 6. The molecule has 14 heteroatoms. The largest absolute Gasteiger partial charge is 0.443 e. The number of thiazole rings is 1. The zero-order valence-corrected chi connectivity index (χ0v) is 27.0. The number of carbonyl (C=O) groups is 2. The van der Waals surface area contributed by atoms with Gasteiger partial charge < -0.3 is 14.5 Å². The molecule has 1 amide bonds. The number of alkyl halides is 6. The van der Waals surface area contributed by atoms with E-state index in [2.05, 4.69) is 9.88 Å². The van der Waals surface area contributed by atoms with Crippen LogP contribution in [0.4, 0.5) is 31.1 Å². The van der Waals surface area contributed by atoms with Gasteiger partial charge in [-0.15, -0.1) is 11.3 Å². The molecule has 0 radical (unpaired) electrons. The highest BCUT2D eigenvalue weighted by Crippen LogP contribution is 2.38. The standard InChI is InChI=1S/C34H32F6N4O3S/c1-32(2,3)47-31(46)44-17-22(27-6-4-5-7-28(27)44)14-26-18-42-16-20(29-41-10-11-48-29)8-9-25(42)19-43(26)30(45)21-12-23(33(35,36)37)15-24(13-21)34(38,39)40/h4-7,10-13,15-17,25-26H,8-9,14,18-19H2,1-3H3. The number of piperazine rings is 1. The summed E-state index contributed by atoms with van der Waals surface area (Å²) >= 11 is 1.49. The topological polar surface area (TPSA) is 67.7 Å². The van der Waals surface area contributed by atoms with E-state index in [9.17, 15) is 35.9 Å². The molecule has 0 saturated carbocycles. The molecule has 2 unspecified atom stereocenters. The van der Waals surface area contributed by atoms with Crippen LogP contribution in [0.3, 0.4) is 0 Å². The van der Waals surface area contributed by atoms with Gasteiger partial charge in [0.1, 0.15) is 10.6 Å². The maximum absolute atomic E-state index is 14.1. The van der Waals surface area contributed by atoms with Gasteiger partial charge in [-0.2, -0.15) is 26.3 Å². The van der Waals surface area contributed by atoms with E-state index in [0.29, 0.717) is 41.4 Å². The number of para-hydroxylation sites is 1. The molecule has 4 heterocycles. The molecule has 0 N–H and O–H groups in total. The number of carbonyl (C=O) groups excluding carboxylic acids is 2. The summed E-state index contributed by atoms with van der Waals surface area (Å²) < 4.78 is 89.5. The van der Waals surface area contributed by atoms with Crippen molar-refractivity contribution in [3.05, 3.63) is 93.7 Å². The quantitative estimate of drug-likeness (QED) is 0.201. The summed E-state index contributed by atoms with van der Waals surface area (Å²) in [4.78, 5) is 35.1. The van der Waals surface area contributed by atoms with Crippen molar-refractivity contribution < 1.29 is 40.7 Å². The summed E-state index contributed by atoms with van der Waals surface area (Å²) in [7, 11) is 0. The fraction of sp³-hybridized carbons (Fsp3) is 0.382. The summed E-state index contributed by atoms with van der Waals surface area (Å²) in [6.07, 6.45) is -4.09. The van der Waals surface area contributed by atoms with Crippen molar-refractivity contribution >= 4 is 39.8 Å². The lowest BCUT2D eigenvalue weighted by Crippen LogP contribution is -2.59. The van der Waals surface area contributed by atoms with Gasteiger partial charge in [0, 0.05) is 59.6 Å². The molecule has 254 valence electrons. The molecule has 2 aliphatic heterocycles. The molecule has 2 aromatic heterocycles. The van der Waals surface area contributed by atoms with Gasteiger partial charge in [-0.25, -0.2) is 9.78 Å². The maximum Gasteiger partial charge on any atom is 0.419 e. The normalized spacial score (nSPS) is 18.9. The summed E-state index contributed by atoms with van der Waals surface area (Å²) in [5, 5.41) is 3.42. The van der Waals surface area contributed by atoms with Crippen molar-refractivity contribution in [2.24, 2.45) is 0 Å². The third kappa shape index (κ3) is 6.94. The number of fused-ring (bicyclic) bond motifs is 2. The lowest BCUT2D eigenvalue weighted by molar-refractivity contribution is -0.143. The van der Waals surface area contributed by atoms with Gasteiger partial charge in [0.05, 0.1) is 22.7 Å². The number of benzene rings is 2. The van der Waals surface area contributed by atoms with Crippen LogP contribution in [0.2, 0.25) is 0 Å². The van der Waals surface area contributed by atoms with E-state index < -0.39 is 52.7 Å². The average Bonchev–Trinajstić information content (AvgIpc) is 3.67. The summed E-state index contributed by atoms with van der Waals surface area (Å²) in [5.41, 5.74) is -2.34. The average molecular weight is 691 g/mol. The highest BCUT2D eigenvalue weighted by molar-refractivity contribution is 7.10. The summed E-state index contributed by atoms with van der Waals surface area (Å²) in [6.45, 7) is 5.55. The van der Waals surface area contributed by atoms with Crippen molar-refractivity contribution in [2.75, 3.05) is 13.1 Å². The molecule has 2 aliphatic rings. The van der Waals surface area contributed by atoms with E-state index >= 15 is 0 Å². The number of hydrogen-bond acceptors (Lipinski definition) is 6. The Kier molecular flexibility index (Phi) is 8.59. The van der Waals surface area contributed by atoms with Crippen LogP contribution in [-0.4, -0.2) is 62.1 Å². The highest BCUT2D eigenvalue weighted by atomic mass is 32.1. The third-order valence-electron chi connectivity index (χ3n) is 8.45. The zero-order chi connectivity index (χ0) is 34.6. The van der Waals surface area contributed by atoms with E-state index in [-0.39, 0.29) is 31.6 Å². The van der Waals surface area contributed by atoms with E-state index in [4.69, 9.17) is 4.74 Å². The lowest BCUT2D eigenvalue weighted by Gasteiger charge is -2.48. The van der Waals surface area contributed by atoms with Crippen molar-refractivity contribution in [2.45, 2.75) is 70.1 Å². The van der Waals surface area contributed by atoms with Crippen LogP contribution in [-0.2, 0) is 23.5 Å². The molecule has 4 aromatic rings. The fourth-order valence-corrected chi connectivity index (χ4v) is 6.99. The number of nitrogens with zero attached hydrogens (tertiary/aromatic N) is 4. The number of aromatic nitrogens is 2. The Bertz CT molecular complexity index is 1840. The molecule has 0 aliphatic carbocycles. The van der Waals surface area contributed by atoms with Gasteiger partial charge in [0.2, 0.25) is 0 Å². The van der Waals surface area contributed by atoms with Crippen LogP contribution in [0.15, 0.2) is 66.4 Å². The van der Waals surface area contributed by atoms with Crippen LogP contribution >= 0.6 is 11.3 Å². The Balaban J connectivity index is 1.41. The molecule has 2 atom stereocenters. The summed E-state index contributed by atoms with van der Waals surface area (Å²) in [5.74, 6) is -0.929. The summed E-state index contributed by atoms with van der Waals surface area (Å²) in [6, 6.07) is 7.20. The molecular formula is C34H32F6N4O3S. The highest BCUT2D eigenvalue weighted by Gasteiger charge is 2.41. The molecule has 2 aromatic carbocycles. The number of hydrogen-bond donors (Lipinski definition) is 0. The molecule has 1 fully saturated rings. The van der Waals surface area contributed by atoms with Crippen LogP contribution in [0.5, 0.6) is 0 Å². The molecule has 7 nitrogen and oxygen atoms in total. The third-order valence-corrected chi connectivity index (χ3v) is 9.30. The number of allylic oxidation sites excluding steroid dienone is 1. The Labute approximate surface area is 276 Å². The van der Waals surface area contributed by atoms with Gasteiger partial charge in [0.25, 0.3) is 5.91 Å². The van der Waals surface area contributed by atoms with E-state index in [1.165, 1.54) is 20.8 Å². The predicted molar refractivity (Wildman–Crippen MR) is 168 cm³/mol. The van der Waals surface area contributed by atoms with Crippen LogP contribution < -0.4 is 0 Å². The number of rotatable bonds is 4. The Morgan fingerprint density at radius 1 is 0.979 bits per heavy atom. The van der Waals surface area contributed by atoms with E-state index in [1.807, 2.05) is 17.6 Å². The van der Waals surface area contributed by atoms with Gasteiger partial charge in [-0.3, -0.25) is 9.36 Å². The monoisotopic (exact) mass is 690 g/mol. The van der Waals surface area contributed by atoms with Gasteiger partial charge in [-0.05, 0) is 69.9 Å². The Hall–Kier alpha value is -4.33. The Morgan fingerprint density at radius 2 is 1.67 bits per heavy atom. The first kappa shape index (κ1) is 33.6. The van der Waals surface area contributed by atoms with Crippen LogP contribution in [0, 0.1) is 0 Å². The first-order valence-electron chi connectivity index (χ1n) is 15.3. The molecular weight excluding hydrogens is 658 g/mol. The predicted octanol–water partition coefficient (Wildman–Crippen LogP) is 8.49. The second-order valence-corrected chi connectivity index (χ2v) is 13.9. The lowest BCUT2D eigenvalue weighted by atomic mass is 9.92. The van der Waals surface area contributed by atoms with Crippen molar-refractivity contribution in [1.82, 2.24) is 19.4 Å². The smallest absolute Gasteiger partial charge is 0.419 e. The molecule has 1 saturated heterocycles. The second kappa shape index (κ2) is 12.3.